The van der Waals surface area contributed by atoms with Crippen molar-refractivity contribution < 1.29 is 9.53 Å². The largest absolute Gasteiger partial charge is 0.497 e. The van der Waals surface area contributed by atoms with Gasteiger partial charge >= 0.3 is 0 Å². The van der Waals surface area contributed by atoms with Gasteiger partial charge in [-0.05, 0) is 50.2 Å². The number of nitrogens with zero attached hydrogens (tertiary/aromatic N) is 2. The van der Waals surface area contributed by atoms with Crippen LogP contribution in [0.4, 0.5) is 0 Å². The van der Waals surface area contributed by atoms with Crippen LogP contribution in [0.3, 0.4) is 0 Å². The van der Waals surface area contributed by atoms with E-state index < -0.39 is 5.54 Å². The summed E-state index contributed by atoms with van der Waals surface area (Å²) < 4.78 is 5.40. The van der Waals surface area contributed by atoms with E-state index in [1.807, 2.05) is 26.2 Å². The average molecular weight is 274 g/mol. The van der Waals surface area contributed by atoms with Crippen molar-refractivity contribution in [1.29, 1.82) is 0 Å². The van der Waals surface area contributed by atoms with Crippen LogP contribution in [0.2, 0.25) is 0 Å². The monoisotopic (exact) mass is 274 g/mol. The molecule has 0 saturated heterocycles. The molecule has 0 atom stereocenters. The second-order valence-corrected chi connectivity index (χ2v) is 5.75. The highest BCUT2D eigenvalue weighted by Crippen LogP contribution is 2.43. The molecule has 0 amide bonds. The van der Waals surface area contributed by atoms with Gasteiger partial charge in [-0.25, -0.2) is 4.79 Å². The number of methoxy groups -OCH3 is 1. The number of ether oxygens (including phenoxy) is 1. The van der Waals surface area contributed by atoms with Crippen LogP contribution in [0.5, 0.6) is 5.75 Å². The van der Waals surface area contributed by atoms with Crippen molar-refractivity contribution in [3.63, 3.8) is 0 Å². The van der Waals surface area contributed by atoms with Crippen LogP contribution in [0.25, 0.3) is 0 Å². The van der Waals surface area contributed by atoms with E-state index in [4.69, 9.17) is 4.74 Å². The third kappa shape index (κ3) is 3.09. The number of rotatable bonds is 5. The number of carbonyl (C=O) groups excluding carboxylic acids is 1. The molecule has 4 nitrogen and oxygen atoms in total. The Morgan fingerprint density at radius 2 is 2.00 bits per heavy atom. The lowest BCUT2D eigenvalue weighted by Crippen LogP contribution is -2.20. The first kappa shape index (κ1) is 14.8. The number of aliphatic imine (C=N–C) groups is 1. The van der Waals surface area contributed by atoms with Crippen molar-refractivity contribution >= 4 is 6.08 Å². The van der Waals surface area contributed by atoms with Gasteiger partial charge in [0.2, 0.25) is 6.08 Å². The maximum Gasteiger partial charge on any atom is 0.235 e. The Balaban J connectivity index is 2.45. The molecular formula is C16H22N2O2. The standard InChI is InChI=1S/C16H22N2O2/c1-18(2)11-13-8-14(10-15(9-13)20-3)16(17-12-19)6-4-5-7-16/h8-10H,4-7,11H2,1-3H3. The van der Waals surface area contributed by atoms with Gasteiger partial charge in [0.1, 0.15) is 5.75 Å². The van der Waals surface area contributed by atoms with Crippen LogP contribution in [-0.2, 0) is 16.9 Å². The topological polar surface area (TPSA) is 41.9 Å². The van der Waals surface area contributed by atoms with Crippen molar-refractivity contribution in [2.75, 3.05) is 21.2 Å². The zero-order chi connectivity index (χ0) is 14.6. The second-order valence-electron chi connectivity index (χ2n) is 5.75. The Kier molecular flexibility index (Phi) is 4.58. The zero-order valence-electron chi connectivity index (χ0n) is 12.5. The lowest BCUT2D eigenvalue weighted by molar-refractivity contribution is 0.390. The van der Waals surface area contributed by atoms with E-state index in [0.29, 0.717) is 0 Å². The first-order chi connectivity index (χ1) is 9.59. The van der Waals surface area contributed by atoms with Crippen LogP contribution in [0.1, 0.15) is 36.8 Å². The van der Waals surface area contributed by atoms with E-state index in [1.165, 1.54) is 5.56 Å². The Morgan fingerprint density at radius 1 is 1.30 bits per heavy atom. The molecule has 1 aliphatic carbocycles. The van der Waals surface area contributed by atoms with E-state index in [-0.39, 0.29) is 0 Å². The molecule has 0 N–H and O–H groups in total. The zero-order valence-corrected chi connectivity index (χ0v) is 12.5. The molecule has 4 heteroatoms. The Hall–Kier alpha value is -1.64. The smallest absolute Gasteiger partial charge is 0.235 e. The molecule has 0 unspecified atom stereocenters. The highest BCUT2D eigenvalue weighted by atomic mass is 16.5. The number of hydrogen-bond donors (Lipinski definition) is 0. The van der Waals surface area contributed by atoms with E-state index in [1.54, 1.807) is 13.2 Å². The van der Waals surface area contributed by atoms with Crippen molar-refractivity contribution in [2.24, 2.45) is 4.99 Å². The number of benzene rings is 1. The highest BCUT2D eigenvalue weighted by molar-refractivity contribution is 5.43. The van der Waals surface area contributed by atoms with Crippen molar-refractivity contribution in [2.45, 2.75) is 37.8 Å². The lowest BCUT2D eigenvalue weighted by Gasteiger charge is -2.24. The van der Waals surface area contributed by atoms with Crippen molar-refractivity contribution in [1.82, 2.24) is 4.90 Å². The minimum atomic E-state index is -0.392. The molecule has 1 aliphatic rings. The minimum Gasteiger partial charge on any atom is -0.497 e. The Bertz CT molecular complexity index is 513. The van der Waals surface area contributed by atoms with Crippen LogP contribution in [0.15, 0.2) is 23.2 Å². The fourth-order valence-electron chi connectivity index (χ4n) is 3.02. The maximum absolute atomic E-state index is 10.8. The molecule has 0 bridgehead atoms. The highest BCUT2D eigenvalue weighted by Gasteiger charge is 2.36. The van der Waals surface area contributed by atoms with Gasteiger partial charge in [-0.2, -0.15) is 4.99 Å². The Morgan fingerprint density at radius 3 is 2.55 bits per heavy atom. The van der Waals surface area contributed by atoms with Gasteiger partial charge in [-0.1, -0.05) is 18.9 Å². The summed E-state index contributed by atoms with van der Waals surface area (Å²) in [6, 6.07) is 6.19. The first-order valence-corrected chi connectivity index (χ1v) is 7.02. The molecule has 0 aliphatic heterocycles. The molecule has 1 saturated carbocycles. The summed E-state index contributed by atoms with van der Waals surface area (Å²) in [6.45, 7) is 0.838. The summed E-state index contributed by atoms with van der Waals surface area (Å²) >= 11 is 0. The van der Waals surface area contributed by atoms with E-state index in [2.05, 4.69) is 16.0 Å². The summed E-state index contributed by atoms with van der Waals surface area (Å²) in [4.78, 5) is 17.1. The molecule has 0 aromatic heterocycles. The summed E-state index contributed by atoms with van der Waals surface area (Å²) in [5, 5.41) is 0. The summed E-state index contributed by atoms with van der Waals surface area (Å²) in [5.74, 6) is 0.826. The summed E-state index contributed by atoms with van der Waals surface area (Å²) in [6.07, 6.45) is 5.80. The van der Waals surface area contributed by atoms with Crippen LogP contribution >= 0.6 is 0 Å². The third-order valence-corrected chi connectivity index (χ3v) is 3.93. The third-order valence-electron chi connectivity index (χ3n) is 3.93. The van der Waals surface area contributed by atoms with Gasteiger partial charge in [0.15, 0.2) is 0 Å². The van der Waals surface area contributed by atoms with Crippen LogP contribution in [0, 0.1) is 0 Å². The molecule has 0 heterocycles. The summed E-state index contributed by atoms with van der Waals surface area (Å²) in [7, 11) is 5.74. The Labute approximate surface area is 120 Å². The van der Waals surface area contributed by atoms with E-state index in [0.717, 1.165) is 43.5 Å². The molecule has 2 rings (SSSR count). The maximum atomic E-state index is 10.8. The van der Waals surface area contributed by atoms with Crippen LogP contribution in [-0.4, -0.2) is 32.2 Å². The minimum absolute atomic E-state index is 0.392. The fraction of sp³-hybridized carbons (Fsp3) is 0.562. The predicted molar refractivity (Wildman–Crippen MR) is 78.7 cm³/mol. The summed E-state index contributed by atoms with van der Waals surface area (Å²) in [5.41, 5.74) is 1.86. The van der Waals surface area contributed by atoms with Gasteiger partial charge in [0.05, 0.1) is 12.6 Å². The van der Waals surface area contributed by atoms with Crippen LogP contribution < -0.4 is 4.74 Å². The normalized spacial score (nSPS) is 17.0. The fourth-order valence-corrected chi connectivity index (χ4v) is 3.02. The van der Waals surface area contributed by atoms with Crippen molar-refractivity contribution in [3.05, 3.63) is 29.3 Å². The number of isocyanates is 1. The molecule has 20 heavy (non-hydrogen) atoms. The van der Waals surface area contributed by atoms with Crippen molar-refractivity contribution in [3.8, 4) is 5.75 Å². The van der Waals surface area contributed by atoms with E-state index >= 15 is 0 Å². The van der Waals surface area contributed by atoms with Gasteiger partial charge < -0.3 is 9.64 Å². The molecular weight excluding hydrogens is 252 g/mol. The van der Waals surface area contributed by atoms with Gasteiger partial charge in [0.25, 0.3) is 0 Å². The molecule has 1 aromatic rings. The average Bonchev–Trinajstić information content (AvgIpc) is 2.88. The molecule has 1 fully saturated rings. The SMILES string of the molecule is COc1cc(CN(C)C)cc(C2(N=C=O)CCCC2)c1. The molecule has 1 aromatic carbocycles. The van der Waals surface area contributed by atoms with Gasteiger partial charge in [0, 0.05) is 6.54 Å². The molecule has 0 radical (unpaired) electrons. The van der Waals surface area contributed by atoms with Gasteiger partial charge in [-0.3, -0.25) is 0 Å². The number of hydrogen-bond acceptors (Lipinski definition) is 4. The first-order valence-electron chi connectivity index (χ1n) is 7.02. The lowest BCUT2D eigenvalue weighted by atomic mass is 9.87. The molecule has 0 spiro atoms. The predicted octanol–water partition coefficient (Wildman–Crippen LogP) is 2.86. The van der Waals surface area contributed by atoms with Gasteiger partial charge in [-0.15, -0.1) is 0 Å². The van der Waals surface area contributed by atoms with E-state index in [9.17, 15) is 4.79 Å². The molecule has 108 valence electrons. The quantitative estimate of drug-likeness (QED) is 0.612. The second kappa shape index (κ2) is 6.21.